The van der Waals surface area contributed by atoms with Crippen LogP contribution in [0.4, 0.5) is 9.52 Å². The highest BCUT2D eigenvalue weighted by atomic mass is 32.2. The van der Waals surface area contributed by atoms with Gasteiger partial charge in [0.1, 0.15) is 11.6 Å². The molecule has 0 saturated carbocycles. The van der Waals surface area contributed by atoms with Crippen molar-refractivity contribution in [1.29, 1.82) is 0 Å². The first-order valence-corrected chi connectivity index (χ1v) is 14.0. The van der Waals surface area contributed by atoms with Crippen molar-refractivity contribution in [1.82, 2.24) is 14.3 Å². The number of halogens is 1. The monoisotopic (exact) mass is 540 g/mol. The summed E-state index contributed by atoms with van der Waals surface area (Å²) in [6, 6.07) is 14.0. The Kier molecular flexibility index (Phi) is 7.18. The van der Waals surface area contributed by atoms with Crippen molar-refractivity contribution in [2.24, 2.45) is 5.92 Å². The lowest BCUT2D eigenvalue weighted by atomic mass is 9.98. The van der Waals surface area contributed by atoms with E-state index in [4.69, 9.17) is 9.72 Å². The van der Waals surface area contributed by atoms with E-state index in [9.17, 15) is 17.6 Å². The van der Waals surface area contributed by atoms with E-state index in [1.165, 1.54) is 27.8 Å². The maximum atomic E-state index is 13.9. The van der Waals surface area contributed by atoms with E-state index in [0.29, 0.717) is 35.8 Å². The van der Waals surface area contributed by atoms with Crippen LogP contribution < -0.4 is 9.64 Å². The molecule has 1 fully saturated rings. The Hall–Kier alpha value is -3.41. The van der Waals surface area contributed by atoms with Crippen LogP contribution in [-0.4, -0.2) is 48.8 Å². The van der Waals surface area contributed by atoms with Gasteiger partial charge in [-0.1, -0.05) is 17.4 Å². The normalized spacial score (nSPS) is 16.5. The average molecular weight is 541 g/mol. The number of rotatable bonds is 7. The van der Waals surface area contributed by atoms with Crippen LogP contribution in [0.5, 0.6) is 5.75 Å². The summed E-state index contributed by atoms with van der Waals surface area (Å²) in [7, 11) is -2.28. The van der Waals surface area contributed by atoms with Gasteiger partial charge >= 0.3 is 0 Å². The quantitative estimate of drug-likeness (QED) is 0.343. The Morgan fingerprint density at radius 1 is 1.22 bits per heavy atom. The maximum Gasteiger partial charge on any atom is 0.243 e. The Balaban J connectivity index is 1.45. The van der Waals surface area contributed by atoms with Crippen molar-refractivity contribution in [2.45, 2.75) is 24.3 Å². The number of hydrogen-bond donors (Lipinski definition) is 0. The standard InChI is InChI=1S/C26H25FN4O4S2/c1-35-21-8-11-24-23(14-21)29-26(36-24)31(16-18-4-2-12-28-15-18)25(32)19-5-3-13-30(17-19)37(33,34)22-9-6-20(27)7-10-22/h2,4,6-12,14-15,19H,3,5,13,16-17H2,1H3. The fourth-order valence-corrected chi connectivity index (χ4v) is 6.86. The second-order valence-corrected chi connectivity index (χ2v) is 11.7. The fourth-order valence-electron chi connectivity index (χ4n) is 4.39. The highest BCUT2D eigenvalue weighted by Gasteiger charge is 2.36. The minimum atomic E-state index is -3.86. The maximum absolute atomic E-state index is 13.9. The molecule has 8 nitrogen and oxygen atoms in total. The molecule has 0 bridgehead atoms. The molecular weight excluding hydrogens is 515 g/mol. The van der Waals surface area contributed by atoms with E-state index in [1.807, 2.05) is 24.3 Å². The van der Waals surface area contributed by atoms with E-state index >= 15 is 0 Å². The van der Waals surface area contributed by atoms with Crippen LogP contribution in [0.1, 0.15) is 18.4 Å². The molecule has 1 aliphatic rings. The Morgan fingerprint density at radius 3 is 2.76 bits per heavy atom. The lowest BCUT2D eigenvalue weighted by Gasteiger charge is -2.33. The predicted molar refractivity (Wildman–Crippen MR) is 139 cm³/mol. The third-order valence-electron chi connectivity index (χ3n) is 6.33. The fraction of sp³-hybridized carbons (Fsp3) is 0.269. The number of carbonyl (C=O) groups excluding carboxylic acids is 1. The number of benzene rings is 2. The Morgan fingerprint density at radius 2 is 2.03 bits per heavy atom. The summed E-state index contributed by atoms with van der Waals surface area (Å²) in [4.78, 5) is 24.4. The average Bonchev–Trinajstić information content (AvgIpc) is 3.35. The molecule has 5 rings (SSSR count). The molecule has 0 radical (unpaired) electrons. The van der Waals surface area contributed by atoms with E-state index in [1.54, 1.807) is 30.5 Å². The van der Waals surface area contributed by atoms with Gasteiger partial charge in [0.15, 0.2) is 5.13 Å². The summed E-state index contributed by atoms with van der Waals surface area (Å²) in [5.74, 6) is -0.593. The molecule has 37 heavy (non-hydrogen) atoms. The van der Waals surface area contributed by atoms with Crippen molar-refractivity contribution in [3.05, 3.63) is 78.4 Å². The number of amides is 1. The number of nitrogens with zero attached hydrogens (tertiary/aromatic N) is 4. The zero-order valence-corrected chi connectivity index (χ0v) is 21.7. The number of thiazole rings is 1. The largest absolute Gasteiger partial charge is 0.497 e. The van der Waals surface area contributed by atoms with Crippen LogP contribution in [0.15, 0.2) is 71.9 Å². The number of carbonyl (C=O) groups is 1. The summed E-state index contributed by atoms with van der Waals surface area (Å²) in [5, 5.41) is 0.524. The number of pyridine rings is 1. The van der Waals surface area contributed by atoms with Crippen molar-refractivity contribution in [2.75, 3.05) is 25.1 Å². The van der Waals surface area contributed by atoms with Gasteiger partial charge in [-0.25, -0.2) is 17.8 Å². The van der Waals surface area contributed by atoms with Crippen molar-refractivity contribution in [3.8, 4) is 5.75 Å². The van der Waals surface area contributed by atoms with Crippen LogP contribution in [0, 0.1) is 11.7 Å². The molecule has 0 aliphatic carbocycles. The number of ether oxygens (including phenoxy) is 1. The molecule has 4 aromatic rings. The zero-order valence-electron chi connectivity index (χ0n) is 20.1. The lowest BCUT2D eigenvalue weighted by Crippen LogP contribution is -2.46. The molecule has 3 heterocycles. The first-order valence-electron chi connectivity index (χ1n) is 11.8. The smallest absolute Gasteiger partial charge is 0.243 e. The number of sulfonamides is 1. The van der Waals surface area contributed by atoms with Crippen LogP contribution in [-0.2, 0) is 21.4 Å². The predicted octanol–water partition coefficient (Wildman–Crippen LogP) is 4.47. The van der Waals surface area contributed by atoms with Crippen LogP contribution in [0.3, 0.4) is 0 Å². The van der Waals surface area contributed by atoms with Gasteiger partial charge in [0.05, 0.1) is 34.7 Å². The van der Waals surface area contributed by atoms with Crippen molar-refractivity contribution in [3.63, 3.8) is 0 Å². The summed E-state index contributed by atoms with van der Waals surface area (Å²) in [6.07, 6.45) is 4.45. The van der Waals surface area contributed by atoms with Gasteiger partial charge in [0, 0.05) is 31.5 Å². The number of aromatic nitrogens is 2. The first kappa shape index (κ1) is 25.2. The molecule has 1 unspecified atom stereocenters. The number of piperidine rings is 1. The van der Waals surface area contributed by atoms with Gasteiger partial charge in [0.2, 0.25) is 15.9 Å². The molecule has 1 saturated heterocycles. The third kappa shape index (κ3) is 5.34. The van der Waals surface area contributed by atoms with Crippen LogP contribution >= 0.6 is 11.3 Å². The molecule has 1 atom stereocenters. The molecule has 11 heteroatoms. The number of hydrogen-bond acceptors (Lipinski definition) is 7. The first-order chi connectivity index (χ1) is 17.8. The second kappa shape index (κ2) is 10.5. The molecule has 192 valence electrons. The highest BCUT2D eigenvalue weighted by molar-refractivity contribution is 7.89. The Labute approximate surface area is 218 Å². The van der Waals surface area contributed by atoms with Crippen molar-refractivity contribution >= 4 is 42.6 Å². The molecule has 2 aromatic heterocycles. The second-order valence-electron chi connectivity index (χ2n) is 8.77. The molecule has 1 aliphatic heterocycles. The lowest BCUT2D eigenvalue weighted by molar-refractivity contribution is -0.123. The van der Waals surface area contributed by atoms with Gasteiger partial charge in [-0.15, -0.1) is 0 Å². The SMILES string of the molecule is COc1ccc2sc(N(Cc3cccnc3)C(=O)C3CCCN(S(=O)(=O)c4ccc(F)cc4)C3)nc2c1. The van der Waals surface area contributed by atoms with E-state index in [-0.39, 0.29) is 23.9 Å². The molecule has 0 spiro atoms. The highest BCUT2D eigenvalue weighted by Crippen LogP contribution is 2.34. The molecule has 1 amide bonds. The zero-order chi connectivity index (χ0) is 26.0. The van der Waals surface area contributed by atoms with Crippen molar-refractivity contribution < 1.29 is 22.3 Å². The summed E-state index contributed by atoms with van der Waals surface area (Å²) < 4.78 is 47.3. The minimum Gasteiger partial charge on any atom is -0.497 e. The molecule has 2 aromatic carbocycles. The van der Waals surface area contributed by atoms with Gasteiger partial charge in [-0.05, 0) is 60.9 Å². The number of anilines is 1. The summed E-state index contributed by atoms with van der Waals surface area (Å²) in [6.45, 7) is 0.596. The minimum absolute atomic E-state index is 0.00864. The van der Waals surface area contributed by atoms with Gasteiger partial charge < -0.3 is 4.74 Å². The number of methoxy groups -OCH3 is 1. The van der Waals surface area contributed by atoms with E-state index in [0.717, 1.165) is 22.4 Å². The summed E-state index contributed by atoms with van der Waals surface area (Å²) >= 11 is 1.39. The Bertz CT molecular complexity index is 1510. The van der Waals surface area contributed by atoms with E-state index < -0.39 is 21.8 Å². The van der Waals surface area contributed by atoms with Gasteiger partial charge in [-0.2, -0.15) is 4.31 Å². The van der Waals surface area contributed by atoms with E-state index in [2.05, 4.69) is 4.98 Å². The number of fused-ring (bicyclic) bond motifs is 1. The third-order valence-corrected chi connectivity index (χ3v) is 9.27. The van der Waals surface area contributed by atoms with Crippen LogP contribution in [0.2, 0.25) is 0 Å². The van der Waals surface area contributed by atoms with Gasteiger partial charge in [0.25, 0.3) is 0 Å². The topological polar surface area (TPSA) is 92.7 Å². The summed E-state index contributed by atoms with van der Waals surface area (Å²) in [5.41, 5.74) is 1.55. The van der Waals surface area contributed by atoms with Gasteiger partial charge in [-0.3, -0.25) is 14.7 Å². The molecular formula is C26H25FN4O4S2. The van der Waals surface area contributed by atoms with Crippen LogP contribution in [0.25, 0.3) is 10.2 Å². The molecule has 0 N–H and O–H groups in total.